The molecule has 0 aliphatic rings. The van der Waals surface area contributed by atoms with E-state index in [1.165, 1.54) is 18.3 Å². The molecule has 0 spiro atoms. The van der Waals surface area contributed by atoms with Gasteiger partial charge in [-0.1, -0.05) is 6.92 Å². The third-order valence-corrected chi connectivity index (χ3v) is 3.57. The second-order valence-electron chi connectivity index (χ2n) is 5.48. The predicted octanol–water partition coefficient (Wildman–Crippen LogP) is 4.30. The number of rotatable bonds is 4. The summed E-state index contributed by atoms with van der Waals surface area (Å²) >= 11 is 0. The normalized spacial score (nSPS) is 11.6. The van der Waals surface area contributed by atoms with Gasteiger partial charge in [-0.15, -0.1) is 0 Å². The van der Waals surface area contributed by atoms with Crippen LogP contribution in [0.1, 0.15) is 24.0 Å². The molecule has 0 saturated carbocycles. The van der Waals surface area contributed by atoms with Gasteiger partial charge in [0.05, 0.1) is 23.7 Å². The molecule has 1 aromatic carbocycles. The highest BCUT2D eigenvalue weighted by Crippen LogP contribution is 2.30. The summed E-state index contributed by atoms with van der Waals surface area (Å²) in [6, 6.07) is 4.76. The number of anilines is 2. The lowest BCUT2D eigenvalue weighted by Crippen LogP contribution is -2.06. The minimum absolute atomic E-state index is 0.436. The van der Waals surface area contributed by atoms with Crippen LogP contribution in [0.2, 0.25) is 0 Å². The minimum Gasteiger partial charge on any atom is -0.339 e. The van der Waals surface area contributed by atoms with Crippen LogP contribution in [0.5, 0.6) is 0 Å². The average Bonchev–Trinajstić information content (AvgIpc) is 2.96. The summed E-state index contributed by atoms with van der Waals surface area (Å²) < 4.78 is 39.7. The first-order valence-electron chi connectivity index (χ1n) is 7.68. The van der Waals surface area contributed by atoms with Crippen LogP contribution in [0.15, 0.2) is 42.9 Å². The quantitative estimate of drug-likeness (QED) is 0.765. The maximum atomic E-state index is 12.6. The Morgan fingerprint density at radius 2 is 1.80 bits per heavy atom. The molecule has 0 unspecified atom stereocenters. The summed E-state index contributed by atoms with van der Waals surface area (Å²) in [6.45, 7) is 3.89. The Morgan fingerprint density at radius 1 is 1.08 bits per heavy atom. The van der Waals surface area contributed by atoms with E-state index in [1.54, 1.807) is 6.20 Å². The van der Waals surface area contributed by atoms with Gasteiger partial charge >= 0.3 is 6.18 Å². The first kappa shape index (κ1) is 16.9. The SMILES string of the molecule is CCc1nc(C)cn1-c1cncc(Nc2ccc(C(F)(F)F)cc2)n1. The van der Waals surface area contributed by atoms with E-state index < -0.39 is 11.7 Å². The van der Waals surface area contributed by atoms with Crippen molar-refractivity contribution < 1.29 is 13.2 Å². The number of alkyl halides is 3. The fourth-order valence-electron chi connectivity index (χ4n) is 2.42. The Labute approximate surface area is 142 Å². The third kappa shape index (κ3) is 3.78. The Hall–Kier alpha value is -2.90. The maximum absolute atomic E-state index is 12.6. The molecule has 5 nitrogen and oxygen atoms in total. The molecule has 3 aromatic rings. The van der Waals surface area contributed by atoms with E-state index in [9.17, 15) is 13.2 Å². The number of hydrogen-bond acceptors (Lipinski definition) is 4. The third-order valence-electron chi connectivity index (χ3n) is 3.57. The summed E-state index contributed by atoms with van der Waals surface area (Å²) in [5, 5.41) is 2.96. The van der Waals surface area contributed by atoms with Gasteiger partial charge in [0, 0.05) is 18.3 Å². The van der Waals surface area contributed by atoms with Crippen molar-refractivity contribution in [3.05, 3.63) is 59.9 Å². The second-order valence-corrected chi connectivity index (χ2v) is 5.48. The molecule has 2 heterocycles. The zero-order valence-electron chi connectivity index (χ0n) is 13.7. The van der Waals surface area contributed by atoms with Crippen molar-refractivity contribution in [2.24, 2.45) is 0 Å². The molecule has 0 aliphatic heterocycles. The highest BCUT2D eigenvalue weighted by Gasteiger charge is 2.29. The molecule has 130 valence electrons. The van der Waals surface area contributed by atoms with Gasteiger partial charge in [0.1, 0.15) is 5.82 Å². The Kier molecular flexibility index (Phi) is 4.43. The molecule has 0 radical (unpaired) electrons. The Morgan fingerprint density at radius 3 is 2.44 bits per heavy atom. The molecule has 2 aromatic heterocycles. The van der Waals surface area contributed by atoms with Gasteiger partial charge < -0.3 is 5.32 Å². The van der Waals surface area contributed by atoms with Gasteiger partial charge in [-0.05, 0) is 31.2 Å². The van der Waals surface area contributed by atoms with Crippen LogP contribution >= 0.6 is 0 Å². The van der Waals surface area contributed by atoms with Crippen LogP contribution in [0.25, 0.3) is 5.82 Å². The molecular formula is C17H16F3N5. The average molecular weight is 347 g/mol. The summed E-state index contributed by atoms with van der Waals surface area (Å²) in [5.41, 5.74) is 0.677. The van der Waals surface area contributed by atoms with Crippen molar-refractivity contribution in [2.45, 2.75) is 26.4 Å². The first-order chi connectivity index (χ1) is 11.9. The monoisotopic (exact) mass is 347 g/mol. The van der Waals surface area contributed by atoms with E-state index >= 15 is 0 Å². The zero-order chi connectivity index (χ0) is 18.0. The Bertz CT molecular complexity index is 869. The lowest BCUT2D eigenvalue weighted by atomic mass is 10.2. The van der Waals surface area contributed by atoms with Crippen LogP contribution in [-0.2, 0) is 12.6 Å². The number of aromatic nitrogens is 4. The molecule has 3 rings (SSSR count). The van der Waals surface area contributed by atoms with E-state index in [0.717, 1.165) is 30.1 Å². The summed E-state index contributed by atoms with van der Waals surface area (Å²) in [5.74, 6) is 1.89. The molecule has 8 heteroatoms. The van der Waals surface area contributed by atoms with Gasteiger partial charge in [0.2, 0.25) is 0 Å². The molecule has 0 aliphatic carbocycles. The molecular weight excluding hydrogens is 331 g/mol. The Balaban J connectivity index is 1.85. The molecule has 25 heavy (non-hydrogen) atoms. The molecule has 0 atom stereocenters. The number of aryl methyl sites for hydroxylation is 2. The predicted molar refractivity (Wildman–Crippen MR) is 88.0 cm³/mol. The first-order valence-corrected chi connectivity index (χ1v) is 7.68. The van der Waals surface area contributed by atoms with Crippen LogP contribution in [0.4, 0.5) is 24.7 Å². The minimum atomic E-state index is -4.35. The molecule has 0 fully saturated rings. The lowest BCUT2D eigenvalue weighted by Gasteiger charge is -2.10. The number of hydrogen-bond donors (Lipinski definition) is 1. The molecule has 0 bridgehead atoms. The van der Waals surface area contributed by atoms with E-state index in [-0.39, 0.29) is 0 Å². The van der Waals surface area contributed by atoms with Gasteiger partial charge in [0.25, 0.3) is 0 Å². The second kappa shape index (κ2) is 6.54. The van der Waals surface area contributed by atoms with E-state index in [2.05, 4.69) is 20.3 Å². The topological polar surface area (TPSA) is 55.6 Å². The smallest absolute Gasteiger partial charge is 0.339 e. The molecule has 0 amide bonds. The number of benzene rings is 1. The number of nitrogens with zero attached hydrogens (tertiary/aromatic N) is 4. The van der Waals surface area contributed by atoms with Crippen molar-refractivity contribution in [3.8, 4) is 5.82 Å². The highest BCUT2D eigenvalue weighted by atomic mass is 19.4. The maximum Gasteiger partial charge on any atom is 0.416 e. The van der Waals surface area contributed by atoms with Crippen molar-refractivity contribution >= 4 is 11.5 Å². The highest BCUT2D eigenvalue weighted by molar-refractivity contribution is 5.56. The van der Waals surface area contributed by atoms with Crippen LogP contribution < -0.4 is 5.32 Å². The number of nitrogens with one attached hydrogen (secondary N) is 1. The van der Waals surface area contributed by atoms with Gasteiger partial charge in [-0.3, -0.25) is 9.55 Å². The van der Waals surface area contributed by atoms with Gasteiger partial charge in [0.15, 0.2) is 11.6 Å². The van der Waals surface area contributed by atoms with Crippen LogP contribution in [0, 0.1) is 6.92 Å². The van der Waals surface area contributed by atoms with E-state index in [0.29, 0.717) is 17.3 Å². The van der Waals surface area contributed by atoms with Crippen LogP contribution in [0.3, 0.4) is 0 Å². The molecule has 0 saturated heterocycles. The van der Waals surface area contributed by atoms with Crippen molar-refractivity contribution in [1.29, 1.82) is 0 Å². The van der Waals surface area contributed by atoms with Crippen LogP contribution in [-0.4, -0.2) is 19.5 Å². The fraction of sp³-hybridized carbons (Fsp3) is 0.235. The van der Waals surface area contributed by atoms with Gasteiger partial charge in [-0.25, -0.2) is 9.97 Å². The van der Waals surface area contributed by atoms with Gasteiger partial charge in [-0.2, -0.15) is 13.2 Å². The summed E-state index contributed by atoms with van der Waals surface area (Å²) in [7, 11) is 0. The van der Waals surface area contributed by atoms with Crippen molar-refractivity contribution in [1.82, 2.24) is 19.5 Å². The largest absolute Gasteiger partial charge is 0.416 e. The van der Waals surface area contributed by atoms with E-state index in [1.807, 2.05) is 24.6 Å². The van der Waals surface area contributed by atoms with E-state index in [4.69, 9.17) is 0 Å². The molecule has 1 N–H and O–H groups in total. The lowest BCUT2D eigenvalue weighted by molar-refractivity contribution is -0.137. The van der Waals surface area contributed by atoms with Crippen molar-refractivity contribution in [3.63, 3.8) is 0 Å². The fourth-order valence-corrected chi connectivity index (χ4v) is 2.42. The number of halogens is 3. The standard InChI is InChI=1S/C17H16F3N5/c1-3-15-22-11(2)10-25(15)16-9-21-8-14(24-16)23-13-6-4-12(5-7-13)17(18,19)20/h4-10H,3H2,1-2H3,(H,23,24). The number of imidazole rings is 1. The summed E-state index contributed by atoms with van der Waals surface area (Å²) in [6.07, 6.45) is 1.37. The summed E-state index contributed by atoms with van der Waals surface area (Å²) in [4.78, 5) is 13.0. The zero-order valence-corrected chi connectivity index (χ0v) is 13.7. The van der Waals surface area contributed by atoms with Crippen molar-refractivity contribution in [2.75, 3.05) is 5.32 Å².